The Morgan fingerprint density at radius 1 is 0.769 bits per heavy atom. The summed E-state index contributed by atoms with van der Waals surface area (Å²) in [4.78, 5) is 52.4. The molecule has 0 saturated carbocycles. The number of nitrogens with zero attached hydrogens (tertiary/aromatic N) is 1. The van der Waals surface area contributed by atoms with E-state index >= 15 is 0 Å². The van der Waals surface area contributed by atoms with Crippen LogP contribution in [-0.4, -0.2) is 60.0 Å². The van der Waals surface area contributed by atoms with E-state index in [1.807, 2.05) is 60.7 Å². The van der Waals surface area contributed by atoms with Crippen molar-refractivity contribution in [3.05, 3.63) is 89.3 Å². The number of nitrogens with one attached hydrogen (secondary N) is 5. The van der Waals surface area contributed by atoms with Gasteiger partial charge in [-0.3, -0.25) is 19.2 Å². The van der Waals surface area contributed by atoms with Gasteiger partial charge in [0, 0.05) is 32.0 Å². The van der Waals surface area contributed by atoms with Crippen LogP contribution in [0.15, 0.2) is 71.3 Å². The first-order valence-corrected chi connectivity index (χ1v) is 12.8. The maximum absolute atomic E-state index is 13.5. The van der Waals surface area contributed by atoms with Gasteiger partial charge in [-0.05, 0) is 18.1 Å². The number of hydrogen-bond donors (Lipinski definition) is 5. The molecule has 1 aliphatic rings. The van der Waals surface area contributed by atoms with E-state index in [1.54, 1.807) is 0 Å². The molecule has 5 N–H and O–H groups in total. The van der Waals surface area contributed by atoms with Gasteiger partial charge >= 0.3 is 0 Å². The lowest BCUT2D eigenvalue weighted by Crippen LogP contribution is -2.57. The Labute approximate surface area is 226 Å². The minimum absolute atomic E-state index is 0.0307. The van der Waals surface area contributed by atoms with Crippen LogP contribution >= 0.6 is 0 Å². The first-order chi connectivity index (χ1) is 18.9. The minimum Gasteiger partial charge on any atom is -0.359 e. The molecule has 3 atom stereocenters. The average Bonchev–Trinajstić information content (AvgIpc) is 3.42. The quantitative estimate of drug-likeness (QED) is 0.327. The monoisotopic (exact) mass is 532 g/mol. The van der Waals surface area contributed by atoms with Gasteiger partial charge in [0.2, 0.25) is 17.7 Å². The summed E-state index contributed by atoms with van der Waals surface area (Å²) >= 11 is 0. The van der Waals surface area contributed by atoms with E-state index in [-0.39, 0.29) is 31.0 Å². The fourth-order valence-corrected chi connectivity index (χ4v) is 4.14. The molecule has 204 valence electrons. The molecule has 1 aromatic heterocycles. The van der Waals surface area contributed by atoms with Crippen molar-refractivity contribution in [3.63, 3.8) is 0 Å². The van der Waals surface area contributed by atoms with Gasteiger partial charge in [0.1, 0.15) is 18.1 Å². The van der Waals surface area contributed by atoms with E-state index in [4.69, 9.17) is 4.52 Å². The summed E-state index contributed by atoms with van der Waals surface area (Å²) in [5.74, 6) is -1.56. The Morgan fingerprint density at radius 3 is 2.00 bits per heavy atom. The van der Waals surface area contributed by atoms with Gasteiger partial charge in [0.05, 0.1) is 6.54 Å². The number of aromatic nitrogens is 1. The average molecular weight is 533 g/mol. The number of carbonyl (C=O) groups excluding carboxylic acids is 4. The normalized spacial score (nSPS) is 21.5. The Hall–Kier alpha value is -4.51. The lowest BCUT2D eigenvalue weighted by atomic mass is 10.0. The van der Waals surface area contributed by atoms with E-state index < -0.39 is 35.8 Å². The highest BCUT2D eigenvalue weighted by Gasteiger charge is 2.29. The smallest absolute Gasteiger partial charge is 0.274 e. The fourth-order valence-electron chi connectivity index (χ4n) is 4.14. The molecule has 1 aliphatic heterocycles. The molecule has 0 fully saturated rings. The molecular weight excluding hydrogens is 500 g/mol. The van der Waals surface area contributed by atoms with Crippen molar-refractivity contribution in [1.29, 1.82) is 0 Å². The van der Waals surface area contributed by atoms with Crippen LogP contribution < -0.4 is 26.6 Å². The van der Waals surface area contributed by atoms with Crippen molar-refractivity contribution in [3.8, 4) is 0 Å². The van der Waals surface area contributed by atoms with E-state index in [1.165, 1.54) is 13.0 Å². The van der Waals surface area contributed by atoms with Crippen molar-refractivity contribution in [2.45, 2.75) is 44.4 Å². The second-order valence-electron chi connectivity index (χ2n) is 9.34. The van der Waals surface area contributed by atoms with Crippen LogP contribution in [-0.2, 0) is 33.8 Å². The van der Waals surface area contributed by atoms with Crippen LogP contribution in [0.25, 0.3) is 0 Å². The first-order valence-electron chi connectivity index (χ1n) is 12.8. The number of amides is 4. The molecule has 0 radical (unpaired) electrons. The molecule has 0 unspecified atom stereocenters. The van der Waals surface area contributed by atoms with E-state index in [9.17, 15) is 19.2 Å². The molecular formula is C28H32N6O5. The van der Waals surface area contributed by atoms with E-state index in [0.29, 0.717) is 18.8 Å². The Balaban J connectivity index is 1.59. The Morgan fingerprint density at radius 2 is 1.36 bits per heavy atom. The van der Waals surface area contributed by atoms with Crippen LogP contribution in [0.1, 0.15) is 34.3 Å². The lowest BCUT2D eigenvalue weighted by Gasteiger charge is -2.25. The molecule has 2 bridgehead atoms. The third-order valence-electron chi connectivity index (χ3n) is 6.26. The Kier molecular flexibility index (Phi) is 9.41. The molecule has 4 amide bonds. The standard InChI is InChI=1S/C28H32N6O5/c1-18-25(35)32-23(15-20-10-6-3-7-11-20)27(37)33-22(14-19-8-4-2-5-9-19)26(36)30-13-12-29-17-21-16-24(34-39-21)28(38)31-18/h2-11,16,18,22-23,29H,12-15,17H2,1H3,(H,30,36)(H,31,38)(H,32,35)(H,33,37)/t18-,22+,23-/m0/s1. The highest BCUT2D eigenvalue weighted by atomic mass is 16.5. The number of fused-ring (bicyclic) bond motifs is 2. The van der Waals surface area contributed by atoms with Crippen molar-refractivity contribution in [2.75, 3.05) is 13.1 Å². The zero-order valence-corrected chi connectivity index (χ0v) is 21.6. The van der Waals surface area contributed by atoms with Gasteiger partial charge in [-0.1, -0.05) is 65.8 Å². The van der Waals surface area contributed by atoms with Gasteiger partial charge < -0.3 is 31.1 Å². The number of benzene rings is 2. The van der Waals surface area contributed by atoms with Crippen LogP contribution in [0.3, 0.4) is 0 Å². The minimum atomic E-state index is -0.996. The van der Waals surface area contributed by atoms with Gasteiger partial charge in [-0.2, -0.15) is 0 Å². The van der Waals surface area contributed by atoms with Crippen molar-refractivity contribution in [1.82, 2.24) is 31.7 Å². The van der Waals surface area contributed by atoms with Crippen LogP contribution in [0.4, 0.5) is 0 Å². The highest BCUT2D eigenvalue weighted by Crippen LogP contribution is 2.08. The molecule has 2 aromatic carbocycles. The molecule has 39 heavy (non-hydrogen) atoms. The van der Waals surface area contributed by atoms with Gasteiger partial charge in [-0.15, -0.1) is 0 Å². The van der Waals surface area contributed by atoms with Crippen molar-refractivity contribution in [2.24, 2.45) is 0 Å². The first kappa shape index (κ1) is 27.5. The summed E-state index contributed by atoms with van der Waals surface area (Å²) in [5, 5.41) is 17.9. The molecule has 3 aromatic rings. The number of carbonyl (C=O) groups is 4. The van der Waals surface area contributed by atoms with Gasteiger partial charge in [0.25, 0.3) is 5.91 Å². The molecule has 0 spiro atoms. The molecule has 0 aliphatic carbocycles. The zero-order valence-electron chi connectivity index (χ0n) is 21.6. The molecule has 11 heteroatoms. The second kappa shape index (κ2) is 13.3. The lowest BCUT2D eigenvalue weighted by molar-refractivity contribution is -0.132. The van der Waals surface area contributed by atoms with Gasteiger partial charge in [-0.25, -0.2) is 0 Å². The Bertz CT molecular complexity index is 1280. The van der Waals surface area contributed by atoms with E-state index in [0.717, 1.165) is 11.1 Å². The zero-order chi connectivity index (χ0) is 27.6. The van der Waals surface area contributed by atoms with Crippen LogP contribution in [0.2, 0.25) is 0 Å². The van der Waals surface area contributed by atoms with Crippen molar-refractivity contribution < 1.29 is 23.7 Å². The maximum Gasteiger partial charge on any atom is 0.274 e. The fraction of sp³-hybridized carbons (Fsp3) is 0.321. The predicted molar refractivity (Wildman–Crippen MR) is 142 cm³/mol. The molecule has 0 saturated heterocycles. The third kappa shape index (κ3) is 7.99. The summed E-state index contributed by atoms with van der Waals surface area (Å²) in [6, 6.07) is 17.2. The van der Waals surface area contributed by atoms with E-state index in [2.05, 4.69) is 31.7 Å². The maximum atomic E-state index is 13.5. The SMILES string of the molecule is C[C@@H]1NC(=O)c2cc(on2)CNCCNC(=O)[C@@H](Cc2ccccc2)NC(=O)[C@H](Cc2ccccc2)NC1=O. The summed E-state index contributed by atoms with van der Waals surface area (Å²) in [5.41, 5.74) is 1.73. The summed E-state index contributed by atoms with van der Waals surface area (Å²) in [7, 11) is 0. The summed E-state index contributed by atoms with van der Waals surface area (Å²) < 4.78 is 5.20. The van der Waals surface area contributed by atoms with Crippen LogP contribution in [0.5, 0.6) is 0 Å². The third-order valence-corrected chi connectivity index (χ3v) is 6.26. The predicted octanol–water partition coefficient (Wildman–Crippen LogP) is 0.467. The molecule has 11 nitrogen and oxygen atoms in total. The van der Waals surface area contributed by atoms with Crippen LogP contribution in [0, 0.1) is 0 Å². The number of hydrogen-bond acceptors (Lipinski definition) is 7. The summed E-state index contributed by atoms with van der Waals surface area (Å²) in [6.07, 6.45) is 0.459. The van der Waals surface area contributed by atoms with Crippen molar-refractivity contribution >= 4 is 23.6 Å². The number of rotatable bonds is 4. The summed E-state index contributed by atoms with van der Waals surface area (Å²) in [6.45, 7) is 2.52. The molecule has 4 rings (SSSR count). The molecule has 2 heterocycles. The second-order valence-corrected chi connectivity index (χ2v) is 9.34. The van der Waals surface area contributed by atoms with Gasteiger partial charge in [0.15, 0.2) is 11.5 Å². The largest absolute Gasteiger partial charge is 0.359 e. The topological polar surface area (TPSA) is 154 Å². The highest BCUT2D eigenvalue weighted by molar-refractivity contribution is 5.97.